The highest BCUT2D eigenvalue weighted by Gasteiger charge is 2.15. The van der Waals surface area contributed by atoms with Crippen LogP contribution in [0.5, 0.6) is 0 Å². The van der Waals surface area contributed by atoms with Crippen molar-refractivity contribution in [2.45, 2.75) is 12.8 Å². The first-order chi connectivity index (χ1) is 11.3. The number of hydrogen-bond donors (Lipinski definition) is 3. The summed E-state index contributed by atoms with van der Waals surface area (Å²) >= 11 is 0. The van der Waals surface area contributed by atoms with Crippen molar-refractivity contribution in [3.63, 3.8) is 0 Å². The van der Waals surface area contributed by atoms with Gasteiger partial charge in [-0.25, -0.2) is 4.39 Å². The van der Waals surface area contributed by atoms with E-state index < -0.39 is 0 Å². The van der Waals surface area contributed by atoms with Crippen molar-refractivity contribution < 1.29 is 9.13 Å². The third-order valence-corrected chi connectivity index (χ3v) is 4.22. The number of fused-ring (bicyclic) bond motifs is 1. The van der Waals surface area contributed by atoms with E-state index in [9.17, 15) is 4.39 Å². The average molecular weight is 446 g/mol. The van der Waals surface area contributed by atoms with Crippen molar-refractivity contribution in [3.8, 4) is 0 Å². The van der Waals surface area contributed by atoms with E-state index in [2.05, 4.69) is 20.6 Å². The Morgan fingerprint density at radius 2 is 2.29 bits per heavy atom. The number of hydrogen-bond acceptors (Lipinski definition) is 2. The van der Waals surface area contributed by atoms with Crippen LogP contribution in [0.1, 0.15) is 12.0 Å². The second-order valence-corrected chi connectivity index (χ2v) is 5.86. The molecule has 1 aliphatic rings. The number of nitrogens with one attached hydrogen (secondary N) is 3. The molecule has 24 heavy (non-hydrogen) atoms. The maximum atomic E-state index is 13.2. The number of aliphatic imine (C=N–C) groups is 1. The zero-order valence-corrected chi connectivity index (χ0v) is 16.1. The fourth-order valence-corrected chi connectivity index (χ4v) is 2.89. The van der Waals surface area contributed by atoms with Gasteiger partial charge in [-0.05, 0) is 36.6 Å². The number of aromatic nitrogens is 1. The predicted molar refractivity (Wildman–Crippen MR) is 106 cm³/mol. The topological polar surface area (TPSA) is 61.4 Å². The van der Waals surface area contributed by atoms with E-state index in [1.165, 1.54) is 17.7 Å². The van der Waals surface area contributed by atoms with Crippen LogP contribution in [0.3, 0.4) is 0 Å². The first kappa shape index (κ1) is 19.0. The Balaban J connectivity index is 0.00000208. The molecule has 3 N–H and O–H groups in total. The van der Waals surface area contributed by atoms with Gasteiger partial charge in [-0.2, -0.15) is 0 Å². The Morgan fingerprint density at radius 3 is 3.04 bits per heavy atom. The molecule has 5 nitrogen and oxygen atoms in total. The summed E-state index contributed by atoms with van der Waals surface area (Å²) in [6, 6.07) is 4.84. The van der Waals surface area contributed by atoms with Crippen molar-refractivity contribution in [3.05, 3.63) is 35.8 Å². The Morgan fingerprint density at radius 1 is 1.42 bits per heavy atom. The molecule has 0 amide bonds. The lowest BCUT2D eigenvalue weighted by molar-refractivity contribution is 0.186. The minimum absolute atomic E-state index is 0. The lowest BCUT2D eigenvalue weighted by atomic mass is 10.1. The average Bonchev–Trinajstić information content (AvgIpc) is 3.20. The molecular formula is C17H24FIN4O. The molecule has 1 atom stereocenters. The van der Waals surface area contributed by atoms with Gasteiger partial charge < -0.3 is 20.4 Å². The fraction of sp³-hybridized carbons (Fsp3) is 0.471. The van der Waals surface area contributed by atoms with Gasteiger partial charge in [0.05, 0.1) is 6.61 Å². The van der Waals surface area contributed by atoms with Crippen LogP contribution in [-0.4, -0.2) is 44.3 Å². The molecule has 1 fully saturated rings. The van der Waals surface area contributed by atoms with Gasteiger partial charge in [0.15, 0.2) is 5.96 Å². The molecule has 0 aliphatic carbocycles. The van der Waals surface area contributed by atoms with Gasteiger partial charge in [0.2, 0.25) is 0 Å². The molecule has 2 aromatic rings. The highest BCUT2D eigenvalue weighted by molar-refractivity contribution is 14.0. The Hall–Kier alpha value is -1.35. The highest BCUT2D eigenvalue weighted by atomic mass is 127. The Labute approximate surface area is 158 Å². The summed E-state index contributed by atoms with van der Waals surface area (Å²) in [7, 11) is 1.77. The van der Waals surface area contributed by atoms with Crippen LogP contribution >= 0.6 is 24.0 Å². The van der Waals surface area contributed by atoms with Crippen LogP contribution in [0, 0.1) is 11.7 Å². The van der Waals surface area contributed by atoms with E-state index in [1.807, 2.05) is 12.3 Å². The Bertz CT molecular complexity index is 682. The van der Waals surface area contributed by atoms with Crippen molar-refractivity contribution >= 4 is 40.8 Å². The summed E-state index contributed by atoms with van der Waals surface area (Å²) in [5.41, 5.74) is 2.01. The highest BCUT2D eigenvalue weighted by Crippen LogP contribution is 2.19. The molecule has 0 bridgehead atoms. The first-order valence-electron chi connectivity index (χ1n) is 8.04. The van der Waals surface area contributed by atoms with E-state index in [-0.39, 0.29) is 29.8 Å². The molecule has 2 heterocycles. The van der Waals surface area contributed by atoms with E-state index in [1.54, 1.807) is 7.05 Å². The third-order valence-electron chi connectivity index (χ3n) is 4.22. The molecule has 1 aromatic carbocycles. The van der Waals surface area contributed by atoms with E-state index >= 15 is 0 Å². The van der Waals surface area contributed by atoms with Crippen LogP contribution in [0.4, 0.5) is 4.39 Å². The van der Waals surface area contributed by atoms with Gasteiger partial charge in [0.25, 0.3) is 0 Å². The maximum absolute atomic E-state index is 13.2. The molecule has 1 aliphatic heterocycles. The van der Waals surface area contributed by atoms with Crippen LogP contribution < -0.4 is 10.6 Å². The van der Waals surface area contributed by atoms with Crippen molar-refractivity contribution in [1.29, 1.82) is 0 Å². The van der Waals surface area contributed by atoms with Gasteiger partial charge in [-0.15, -0.1) is 24.0 Å². The summed E-state index contributed by atoms with van der Waals surface area (Å²) in [4.78, 5) is 7.35. The smallest absolute Gasteiger partial charge is 0.190 e. The van der Waals surface area contributed by atoms with Crippen LogP contribution in [0.15, 0.2) is 29.4 Å². The molecule has 1 saturated heterocycles. The van der Waals surface area contributed by atoms with Gasteiger partial charge in [-0.1, -0.05) is 0 Å². The summed E-state index contributed by atoms with van der Waals surface area (Å²) in [6.45, 7) is 3.34. The van der Waals surface area contributed by atoms with Gasteiger partial charge >= 0.3 is 0 Å². The maximum Gasteiger partial charge on any atom is 0.190 e. The molecule has 0 radical (unpaired) electrons. The largest absolute Gasteiger partial charge is 0.381 e. The zero-order chi connectivity index (χ0) is 16.1. The van der Waals surface area contributed by atoms with Crippen molar-refractivity contribution in [1.82, 2.24) is 15.6 Å². The van der Waals surface area contributed by atoms with E-state index in [0.29, 0.717) is 5.92 Å². The number of aromatic amines is 1. The molecule has 3 rings (SSSR count). The second kappa shape index (κ2) is 9.22. The molecule has 132 valence electrons. The summed E-state index contributed by atoms with van der Waals surface area (Å²) in [6.07, 6.45) is 3.90. The van der Waals surface area contributed by atoms with E-state index in [4.69, 9.17) is 4.74 Å². The molecule has 7 heteroatoms. The number of benzene rings is 1. The minimum Gasteiger partial charge on any atom is -0.381 e. The van der Waals surface area contributed by atoms with Crippen LogP contribution in [-0.2, 0) is 11.2 Å². The number of ether oxygens (including phenoxy) is 1. The minimum atomic E-state index is -0.218. The normalized spacial score (nSPS) is 17.8. The molecule has 0 spiro atoms. The molecular weight excluding hydrogens is 422 g/mol. The molecule has 1 aromatic heterocycles. The van der Waals surface area contributed by atoms with Gasteiger partial charge in [-0.3, -0.25) is 4.99 Å². The second-order valence-electron chi connectivity index (χ2n) is 5.86. The quantitative estimate of drug-likeness (QED) is 0.376. The standard InChI is InChI=1S/C17H23FN4O.HI/c1-19-17(22-9-12-5-7-23-11-12)20-6-4-13-10-21-16-8-14(18)2-3-15(13)16;/h2-3,8,10,12,21H,4-7,9,11H2,1H3,(H2,19,20,22);1H. The molecule has 1 unspecified atom stereocenters. The molecule has 0 saturated carbocycles. The number of H-pyrrole nitrogens is 1. The Kier molecular flexibility index (Phi) is 7.29. The van der Waals surface area contributed by atoms with Gasteiger partial charge in [0.1, 0.15) is 5.82 Å². The third kappa shape index (κ3) is 4.83. The fourth-order valence-electron chi connectivity index (χ4n) is 2.89. The predicted octanol–water partition coefficient (Wildman–Crippen LogP) is 2.67. The number of halogens is 2. The summed E-state index contributed by atoms with van der Waals surface area (Å²) in [5.74, 6) is 1.16. The number of guanidine groups is 1. The monoisotopic (exact) mass is 446 g/mol. The zero-order valence-electron chi connectivity index (χ0n) is 13.8. The van der Waals surface area contributed by atoms with Gasteiger partial charge in [0, 0.05) is 49.8 Å². The van der Waals surface area contributed by atoms with Crippen LogP contribution in [0.25, 0.3) is 10.9 Å². The lowest BCUT2D eigenvalue weighted by Gasteiger charge is -2.14. The summed E-state index contributed by atoms with van der Waals surface area (Å²) < 4.78 is 18.6. The van der Waals surface area contributed by atoms with E-state index in [0.717, 1.165) is 56.0 Å². The van der Waals surface area contributed by atoms with Crippen molar-refractivity contribution in [2.75, 3.05) is 33.4 Å². The SMILES string of the molecule is CN=C(NCCc1c[nH]c2cc(F)ccc12)NCC1CCOC1.I. The van der Waals surface area contributed by atoms with Crippen molar-refractivity contribution in [2.24, 2.45) is 10.9 Å². The lowest BCUT2D eigenvalue weighted by Crippen LogP contribution is -2.40. The number of nitrogens with zero attached hydrogens (tertiary/aromatic N) is 1. The first-order valence-corrected chi connectivity index (χ1v) is 8.04. The van der Waals surface area contributed by atoms with Crippen LogP contribution in [0.2, 0.25) is 0 Å². The number of rotatable bonds is 5. The summed E-state index contributed by atoms with van der Waals surface area (Å²) in [5, 5.41) is 7.72.